The quantitative estimate of drug-likeness (QED) is 0.381. The Morgan fingerprint density at radius 1 is 1.08 bits per heavy atom. The SMILES string of the molecule is COc1ccc2c(c1)[C@]1(C[C@H]1c1ccc3c(Nc4cc5c(cc4OC)C(=O)N(C)C5)n[nH]c3c1)C(=O)N2. The van der Waals surface area contributed by atoms with Gasteiger partial charge in [0.15, 0.2) is 5.82 Å². The minimum Gasteiger partial charge on any atom is -0.497 e. The Bertz CT molecular complexity index is 1640. The predicted octanol–water partition coefficient (Wildman–Crippen LogP) is 4.29. The molecule has 9 nitrogen and oxygen atoms in total. The van der Waals surface area contributed by atoms with E-state index < -0.39 is 5.41 Å². The van der Waals surface area contributed by atoms with Crippen molar-refractivity contribution in [2.75, 3.05) is 31.9 Å². The van der Waals surface area contributed by atoms with E-state index in [0.717, 1.165) is 51.1 Å². The normalized spacial score (nSPS) is 21.3. The lowest BCUT2D eigenvalue weighted by atomic mass is 9.91. The molecule has 0 saturated heterocycles. The van der Waals surface area contributed by atoms with Crippen molar-refractivity contribution in [1.82, 2.24) is 15.1 Å². The number of fused-ring (bicyclic) bond motifs is 4. The van der Waals surface area contributed by atoms with Gasteiger partial charge in [-0.25, -0.2) is 0 Å². The standard InChI is InChI=1S/C28H25N5O4/c1-33-13-15-9-23(24(37-3)11-18(15)26(33)34)29-25-17-6-4-14(8-22(17)31-32-25)20-12-28(20)19-10-16(36-2)5-7-21(19)30-27(28)35/h4-11,20H,12-13H2,1-3H3,(H,30,35)(H2,29,31,32)/t20-,28-/m0/s1. The average Bonchev–Trinajstić information content (AvgIpc) is 3.34. The van der Waals surface area contributed by atoms with Crippen molar-refractivity contribution in [2.45, 2.75) is 24.3 Å². The number of aromatic amines is 1. The molecule has 0 radical (unpaired) electrons. The lowest BCUT2D eigenvalue weighted by Crippen LogP contribution is -2.21. The van der Waals surface area contributed by atoms with Crippen molar-refractivity contribution in [3.63, 3.8) is 0 Å². The van der Waals surface area contributed by atoms with Crippen molar-refractivity contribution >= 4 is 39.9 Å². The van der Waals surface area contributed by atoms with E-state index in [9.17, 15) is 9.59 Å². The van der Waals surface area contributed by atoms with Crippen molar-refractivity contribution in [3.05, 3.63) is 70.8 Å². The zero-order valence-corrected chi connectivity index (χ0v) is 20.6. The van der Waals surface area contributed by atoms with Crippen LogP contribution in [0.2, 0.25) is 0 Å². The number of methoxy groups -OCH3 is 2. The number of nitrogens with one attached hydrogen (secondary N) is 3. The van der Waals surface area contributed by atoms with Crippen LogP contribution in [-0.4, -0.2) is 48.2 Å². The fourth-order valence-corrected chi connectivity index (χ4v) is 5.93. The number of hydrogen-bond donors (Lipinski definition) is 3. The Morgan fingerprint density at radius 2 is 1.95 bits per heavy atom. The number of benzene rings is 3. The van der Waals surface area contributed by atoms with Crippen LogP contribution in [-0.2, 0) is 16.8 Å². The topological polar surface area (TPSA) is 109 Å². The van der Waals surface area contributed by atoms with Crippen LogP contribution in [0.5, 0.6) is 11.5 Å². The molecule has 2 atom stereocenters. The minimum absolute atomic E-state index is 0.00698. The van der Waals surface area contributed by atoms with Gasteiger partial charge in [-0.3, -0.25) is 14.7 Å². The lowest BCUT2D eigenvalue weighted by Gasteiger charge is -2.12. The highest BCUT2D eigenvalue weighted by Crippen LogP contribution is 2.65. The van der Waals surface area contributed by atoms with Crippen LogP contribution in [0, 0.1) is 0 Å². The summed E-state index contributed by atoms with van der Waals surface area (Å²) < 4.78 is 11.0. The number of carbonyl (C=O) groups is 2. The Kier molecular flexibility index (Phi) is 4.40. The molecule has 9 heteroatoms. The van der Waals surface area contributed by atoms with E-state index in [2.05, 4.69) is 33.0 Å². The number of hydrogen-bond acceptors (Lipinski definition) is 6. The highest BCUT2D eigenvalue weighted by Gasteiger charge is 2.65. The van der Waals surface area contributed by atoms with E-state index in [-0.39, 0.29) is 17.7 Å². The van der Waals surface area contributed by atoms with Crippen molar-refractivity contribution in [3.8, 4) is 11.5 Å². The molecular formula is C28H25N5O4. The molecule has 7 rings (SSSR count). The molecule has 1 aromatic heterocycles. The van der Waals surface area contributed by atoms with Gasteiger partial charge in [-0.1, -0.05) is 6.07 Å². The second-order valence-corrected chi connectivity index (χ2v) is 9.97. The van der Waals surface area contributed by atoms with Gasteiger partial charge in [0.1, 0.15) is 11.5 Å². The summed E-state index contributed by atoms with van der Waals surface area (Å²) in [6.07, 6.45) is 0.753. The fourth-order valence-electron chi connectivity index (χ4n) is 5.93. The number of ether oxygens (including phenoxy) is 2. The molecule has 0 unspecified atom stereocenters. The summed E-state index contributed by atoms with van der Waals surface area (Å²) in [6, 6.07) is 15.7. The summed E-state index contributed by atoms with van der Waals surface area (Å²) in [5.41, 5.74) is 5.63. The summed E-state index contributed by atoms with van der Waals surface area (Å²) in [6.45, 7) is 0.559. The number of carbonyl (C=O) groups excluding carboxylic acids is 2. The summed E-state index contributed by atoms with van der Waals surface area (Å²) >= 11 is 0. The van der Waals surface area contributed by atoms with Gasteiger partial charge in [0.25, 0.3) is 5.91 Å². The van der Waals surface area contributed by atoms with Crippen LogP contribution >= 0.6 is 0 Å². The van der Waals surface area contributed by atoms with Crippen LogP contribution in [0.3, 0.4) is 0 Å². The molecule has 186 valence electrons. The van der Waals surface area contributed by atoms with E-state index >= 15 is 0 Å². The van der Waals surface area contributed by atoms with E-state index in [1.165, 1.54) is 0 Å². The molecular weight excluding hydrogens is 470 g/mol. The van der Waals surface area contributed by atoms with Gasteiger partial charge in [-0.05, 0) is 65.6 Å². The molecule has 2 amide bonds. The van der Waals surface area contributed by atoms with Gasteiger partial charge in [0, 0.05) is 36.1 Å². The first kappa shape index (κ1) is 21.7. The summed E-state index contributed by atoms with van der Waals surface area (Å²) in [5, 5.41) is 15.0. The number of amides is 2. The summed E-state index contributed by atoms with van der Waals surface area (Å²) in [7, 11) is 5.01. The lowest BCUT2D eigenvalue weighted by molar-refractivity contribution is -0.118. The summed E-state index contributed by atoms with van der Waals surface area (Å²) in [4.78, 5) is 27.1. The number of anilines is 3. The first-order valence-corrected chi connectivity index (χ1v) is 12.1. The third-order valence-corrected chi connectivity index (χ3v) is 7.97. The summed E-state index contributed by atoms with van der Waals surface area (Å²) in [5.74, 6) is 2.11. The maximum atomic E-state index is 13.0. The fraction of sp³-hybridized carbons (Fsp3) is 0.250. The van der Waals surface area contributed by atoms with Gasteiger partial charge in [0.2, 0.25) is 5.91 Å². The van der Waals surface area contributed by atoms with Crippen LogP contribution < -0.4 is 20.1 Å². The highest BCUT2D eigenvalue weighted by atomic mass is 16.5. The second-order valence-electron chi connectivity index (χ2n) is 9.97. The van der Waals surface area contributed by atoms with E-state index in [4.69, 9.17) is 9.47 Å². The predicted molar refractivity (Wildman–Crippen MR) is 139 cm³/mol. The highest BCUT2D eigenvalue weighted by molar-refractivity contribution is 6.10. The van der Waals surface area contributed by atoms with E-state index in [1.54, 1.807) is 32.2 Å². The van der Waals surface area contributed by atoms with Gasteiger partial charge in [0.05, 0.1) is 30.8 Å². The molecule has 2 aliphatic heterocycles. The molecule has 4 aromatic rings. The molecule has 3 aromatic carbocycles. The van der Waals surface area contributed by atoms with E-state index in [1.807, 2.05) is 30.3 Å². The Balaban J connectivity index is 1.20. The molecule has 3 N–H and O–H groups in total. The van der Waals surface area contributed by atoms with Gasteiger partial charge < -0.3 is 25.0 Å². The third-order valence-electron chi connectivity index (χ3n) is 7.97. The molecule has 1 aliphatic carbocycles. The number of H-pyrrole nitrogens is 1. The van der Waals surface area contributed by atoms with Crippen LogP contribution in [0.15, 0.2) is 48.5 Å². The Morgan fingerprint density at radius 3 is 2.76 bits per heavy atom. The molecule has 3 aliphatic rings. The van der Waals surface area contributed by atoms with Gasteiger partial charge in [-0.15, -0.1) is 0 Å². The molecule has 3 heterocycles. The first-order chi connectivity index (χ1) is 17.9. The number of nitrogens with zero attached hydrogens (tertiary/aromatic N) is 2. The largest absolute Gasteiger partial charge is 0.497 e. The maximum absolute atomic E-state index is 13.0. The smallest absolute Gasteiger partial charge is 0.254 e. The molecule has 1 spiro atoms. The zero-order chi connectivity index (χ0) is 25.5. The number of rotatable bonds is 5. The molecule has 1 fully saturated rings. The Labute approximate surface area is 212 Å². The van der Waals surface area contributed by atoms with Crippen molar-refractivity contribution < 1.29 is 19.1 Å². The van der Waals surface area contributed by atoms with Gasteiger partial charge >= 0.3 is 0 Å². The van der Waals surface area contributed by atoms with Crippen LogP contribution in [0.25, 0.3) is 10.9 Å². The minimum atomic E-state index is -0.555. The monoisotopic (exact) mass is 495 g/mol. The molecule has 1 saturated carbocycles. The van der Waals surface area contributed by atoms with Crippen molar-refractivity contribution in [2.24, 2.45) is 0 Å². The van der Waals surface area contributed by atoms with Crippen LogP contribution in [0.4, 0.5) is 17.2 Å². The molecule has 0 bridgehead atoms. The second kappa shape index (κ2) is 7.49. The zero-order valence-electron chi connectivity index (χ0n) is 20.6. The van der Waals surface area contributed by atoms with Crippen molar-refractivity contribution in [1.29, 1.82) is 0 Å². The number of aromatic nitrogens is 2. The third kappa shape index (κ3) is 3.00. The first-order valence-electron chi connectivity index (χ1n) is 12.1. The van der Waals surface area contributed by atoms with Crippen LogP contribution in [0.1, 0.15) is 39.4 Å². The average molecular weight is 496 g/mol. The van der Waals surface area contributed by atoms with E-state index in [0.29, 0.717) is 23.7 Å². The Hall–Kier alpha value is -4.53. The van der Waals surface area contributed by atoms with Gasteiger partial charge in [-0.2, -0.15) is 5.10 Å². The molecule has 37 heavy (non-hydrogen) atoms. The maximum Gasteiger partial charge on any atom is 0.254 e.